The van der Waals surface area contributed by atoms with E-state index in [1.165, 1.54) is 0 Å². The summed E-state index contributed by atoms with van der Waals surface area (Å²) in [6.07, 6.45) is 0. The molecule has 0 radical (unpaired) electrons. The highest BCUT2D eigenvalue weighted by molar-refractivity contribution is 5.32. The Balaban J connectivity index is 0.00000122. The van der Waals surface area contributed by atoms with E-state index < -0.39 is 0 Å². The van der Waals surface area contributed by atoms with Gasteiger partial charge in [0.15, 0.2) is 0 Å². The van der Waals surface area contributed by atoms with Crippen LogP contribution in [0.5, 0.6) is 0 Å². The van der Waals surface area contributed by atoms with Crippen LogP contribution in [0.2, 0.25) is 0 Å². The van der Waals surface area contributed by atoms with Gasteiger partial charge in [-0.15, -0.1) is 5.10 Å². The quantitative estimate of drug-likeness (QED) is 0.696. The SMILES string of the molecule is COCc1nnc(NCCN(C(C)C)C(C)C)o1.O=CO. The molecule has 0 bridgehead atoms. The van der Waals surface area contributed by atoms with Gasteiger partial charge in [-0.05, 0) is 27.7 Å². The Kier molecular flexibility index (Phi) is 10.2. The van der Waals surface area contributed by atoms with Crippen LogP contribution in [-0.4, -0.2) is 59.0 Å². The highest BCUT2D eigenvalue weighted by Gasteiger charge is 2.13. The Bertz CT molecular complexity index is 374. The zero-order chi connectivity index (χ0) is 16.3. The van der Waals surface area contributed by atoms with Crippen LogP contribution in [0.1, 0.15) is 33.6 Å². The number of methoxy groups -OCH3 is 1. The number of hydrogen-bond acceptors (Lipinski definition) is 7. The second-order valence-electron chi connectivity index (χ2n) is 4.89. The van der Waals surface area contributed by atoms with Crippen LogP contribution >= 0.6 is 0 Å². The predicted molar refractivity (Wildman–Crippen MR) is 79.2 cm³/mol. The van der Waals surface area contributed by atoms with Gasteiger partial charge in [0.2, 0.25) is 5.89 Å². The van der Waals surface area contributed by atoms with Crippen molar-refractivity contribution in [1.82, 2.24) is 15.1 Å². The molecule has 2 N–H and O–H groups in total. The minimum absolute atomic E-state index is 0.250. The van der Waals surface area contributed by atoms with Crippen molar-refractivity contribution in [2.75, 3.05) is 25.5 Å². The first-order valence-electron chi connectivity index (χ1n) is 6.85. The van der Waals surface area contributed by atoms with E-state index in [4.69, 9.17) is 19.1 Å². The Morgan fingerprint density at radius 2 is 1.90 bits per heavy atom. The average molecular weight is 302 g/mol. The molecule has 0 atom stereocenters. The smallest absolute Gasteiger partial charge is 0.315 e. The van der Waals surface area contributed by atoms with Crippen LogP contribution in [0.15, 0.2) is 4.42 Å². The second kappa shape index (κ2) is 11.0. The number of ether oxygens (including phenoxy) is 1. The van der Waals surface area contributed by atoms with Crippen molar-refractivity contribution in [3.63, 3.8) is 0 Å². The molecule has 0 unspecified atom stereocenters. The lowest BCUT2D eigenvalue weighted by Crippen LogP contribution is -2.40. The van der Waals surface area contributed by atoms with Gasteiger partial charge in [0.1, 0.15) is 6.61 Å². The fourth-order valence-corrected chi connectivity index (χ4v) is 1.91. The normalized spacial score (nSPS) is 10.7. The van der Waals surface area contributed by atoms with E-state index in [1.54, 1.807) is 7.11 Å². The molecule has 8 heteroatoms. The summed E-state index contributed by atoms with van der Waals surface area (Å²) in [5, 5.41) is 17.8. The van der Waals surface area contributed by atoms with Crippen molar-refractivity contribution in [3.05, 3.63) is 5.89 Å². The van der Waals surface area contributed by atoms with Crippen molar-refractivity contribution in [3.8, 4) is 0 Å². The van der Waals surface area contributed by atoms with E-state index in [1.807, 2.05) is 0 Å². The van der Waals surface area contributed by atoms with Crippen molar-refractivity contribution in [1.29, 1.82) is 0 Å². The van der Waals surface area contributed by atoms with Crippen molar-refractivity contribution < 1.29 is 19.1 Å². The summed E-state index contributed by atoms with van der Waals surface area (Å²) in [6, 6.07) is 1.51. The minimum atomic E-state index is -0.250. The molecule has 122 valence electrons. The molecule has 1 aromatic heterocycles. The number of hydrogen-bond donors (Lipinski definition) is 2. The summed E-state index contributed by atoms with van der Waals surface area (Å²) >= 11 is 0. The number of anilines is 1. The molecule has 1 rings (SSSR count). The summed E-state index contributed by atoms with van der Waals surface area (Å²) < 4.78 is 10.3. The van der Waals surface area contributed by atoms with Gasteiger partial charge in [-0.3, -0.25) is 9.69 Å². The molecule has 21 heavy (non-hydrogen) atoms. The lowest BCUT2D eigenvalue weighted by Gasteiger charge is -2.30. The summed E-state index contributed by atoms with van der Waals surface area (Å²) in [7, 11) is 1.60. The molecule has 0 aliphatic carbocycles. The number of nitrogens with one attached hydrogen (secondary N) is 1. The van der Waals surface area contributed by atoms with Gasteiger partial charge in [0.05, 0.1) is 0 Å². The molecule has 8 nitrogen and oxygen atoms in total. The zero-order valence-electron chi connectivity index (χ0n) is 13.4. The highest BCUT2D eigenvalue weighted by Crippen LogP contribution is 2.07. The molecular weight excluding hydrogens is 276 g/mol. The summed E-state index contributed by atoms with van der Waals surface area (Å²) in [5.41, 5.74) is 0. The van der Waals surface area contributed by atoms with Gasteiger partial charge in [0, 0.05) is 32.3 Å². The summed E-state index contributed by atoms with van der Waals surface area (Å²) in [4.78, 5) is 10.8. The minimum Gasteiger partial charge on any atom is -0.483 e. The Hall–Kier alpha value is -1.67. The number of carboxylic acid groups (broad SMARTS) is 1. The first-order chi connectivity index (χ1) is 9.96. The standard InChI is InChI=1S/C12H24N4O2.CH2O2/c1-9(2)16(10(3)4)7-6-13-12-15-14-11(18-12)8-17-5;2-1-3/h9-10H,6-8H2,1-5H3,(H,13,15);1H,(H,2,3). The van der Waals surface area contributed by atoms with Crippen LogP contribution in [-0.2, 0) is 16.1 Å². The van der Waals surface area contributed by atoms with Gasteiger partial charge in [0.25, 0.3) is 6.47 Å². The van der Waals surface area contributed by atoms with Gasteiger partial charge in [-0.1, -0.05) is 5.10 Å². The van der Waals surface area contributed by atoms with Crippen LogP contribution in [0.4, 0.5) is 6.01 Å². The molecule has 1 aromatic rings. The summed E-state index contributed by atoms with van der Waals surface area (Å²) in [6.45, 7) is 10.6. The molecule has 1 heterocycles. The first kappa shape index (κ1) is 19.3. The van der Waals surface area contributed by atoms with Crippen LogP contribution < -0.4 is 5.32 Å². The van der Waals surface area contributed by atoms with Crippen molar-refractivity contribution >= 4 is 12.5 Å². The third-order valence-electron chi connectivity index (χ3n) is 2.71. The fourth-order valence-electron chi connectivity index (χ4n) is 1.91. The maximum absolute atomic E-state index is 8.36. The summed E-state index contributed by atoms with van der Waals surface area (Å²) in [5.74, 6) is 0.490. The highest BCUT2D eigenvalue weighted by atomic mass is 16.5. The first-order valence-corrected chi connectivity index (χ1v) is 6.85. The van der Waals surface area contributed by atoms with E-state index in [0.29, 0.717) is 30.6 Å². The second-order valence-corrected chi connectivity index (χ2v) is 4.89. The molecule has 0 fully saturated rings. The van der Waals surface area contributed by atoms with Gasteiger partial charge < -0.3 is 19.6 Å². The van der Waals surface area contributed by atoms with Gasteiger partial charge in [-0.25, -0.2) is 0 Å². The topological polar surface area (TPSA) is 101 Å². The van der Waals surface area contributed by atoms with E-state index in [-0.39, 0.29) is 6.47 Å². The van der Waals surface area contributed by atoms with Crippen LogP contribution in [0.25, 0.3) is 0 Å². The third-order valence-corrected chi connectivity index (χ3v) is 2.71. The lowest BCUT2D eigenvalue weighted by molar-refractivity contribution is -0.122. The molecule has 0 spiro atoms. The maximum Gasteiger partial charge on any atom is 0.315 e. The zero-order valence-corrected chi connectivity index (χ0v) is 13.4. The third kappa shape index (κ3) is 8.26. The van der Waals surface area contributed by atoms with Gasteiger partial charge >= 0.3 is 6.01 Å². The number of aromatic nitrogens is 2. The van der Waals surface area contributed by atoms with Gasteiger partial charge in [-0.2, -0.15) is 0 Å². The van der Waals surface area contributed by atoms with Crippen molar-refractivity contribution in [2.45, 2.75) is 46.4 Å². The van der Waals surface area contributed by atoms with E-state index >= 15 is 0 Å². The lowest BCUT2D eigenvalue weighted by atomic mass is 10.2. The molecule has 0 aliphatic rings. The van der Waals surface area contributed by atoms with E-state index in [0.717, 1.165) is 13.1 Å². The molecule has 0 saturated heterocycles. The number of nitrogens with zero attached hydrogens (tertiary/aromatic N) is 3. The van der Waals surface area contributed by atoms with Crippen molar-refractivity contribution in [2.24, 2.45) is 0 Å². The number of rotatable bonds is 8. The van der Waals surface area contributed by atoms with E-state index in [9.17, 15) is 0 Å². The molecule has 0 aromatic carbocycles. The predicted octanol–water partition coefficient (Wildman–Crippen LogP) is 1.45. The molecule has 0 aliphatic heterocycles. The maximum atomic E-state index is 8.36. The molecular formula is C13H26N4O4. The van der Waals surface area contributed by atoms with Crippen LogP contribution in [0, 0.1) is 0 Å². The Morgan fingerprint density at radius 3 is 2.38 bits per heavy atom. The fraction of sp³-hybridized carbons (Fsp3) is 0.769. The Labute approximate surface area is 125 Å². The number of carbonyl (C=O) groups is 1. The monoisotopic (exact) mass is 302 g/mol. The average Bonchev–Trinajstić information content (AvgIpc) is 2.83. The largest absolute Gasteiger partial charge is 0.483 e. The van der Waals surface area contributed by atoms with E-state index in [2.05, 4.69) is 48.1 Å². The van der Waals surface area contributed by atoms with Crippen LogP contribution in [0.3, 0.4) is 0 Å². The molecule has 0 saturated carbocycles. The Morgan fingerprint density at radius 1 is 1.33 bits per heavy atom. The molecule has 0 amide bonds.